The summed E-state index contributed by atoms with van der Waals surface area (Å²) in [7, 11) is 0. The van der Waals surface area contributed by atoms with Crippen LogP contribution in [-0.2, 0) is 0 Å². The molecule has 0 saturated carbocycles. The second kappa shape index (κ2) is 5.28. The van der Waals surface area contributed by atoms with Crippen LogP contribution in [0.25, 0.3) is 0 Å². The number of rotatable bonds is 5. The van der Waals surface area contributed by atoms with E-state index in [1.165, 1.54) is 18.4 Å². The van der Waals surface area contributed by atoms with Crippen molar-refractivity contribution in [2.24, 2.45) is 5.92 Å². The standard InChI is InChI=1S/C10H18/c1-5-7-8-10(4)9(3)6-2/h6,9H,2,4-5,7-8H2,1,3H3. The Morgan fingerprint density at radius 2 is 2.20 bits per heavy atom. The summed E-state index contributed by atoms with van der Waals surface area (Å²) in [6.45, 7) is 12.1. The average molecular weight is 138 g/mol. The minimum atomic E-state index is 0.492. The van der Waals surface area contributed by atoms with Crippen LogP contribution in [0.2, 0.25) is 0 Å². The molecule has 0 aliphatic heterocycles. The highest BCUT2D eigenvalue weighted by molar-refractivity contribution is 5.05. The lowest BCUT2D eigenvalue weighted by atomic mass is 9.98. The van der Waals surface area contributed by atoms with Crippen LogP contribution in [0, 0.1) is 5.92 Å². The lowest BCUT2D eigenvalue weighted by Crippen LogP contribution is -1.92. The summed E-state index contributed by atoms with van der Waals surface area (Å²) in [4.78, 5) is 0. The van der Waals surface area contributed by atoms with E-state index < -0.39 is 0 Å². The van der Waals surface area contributed by atoms with Gasteiger partial charge in [-0.1, -0.05) is 38.5 Å². The van der Waals surface area contributed by atoms with Crippen molar-refractivity contribution < 1.29 is 0 Å². The molecule has 0 heterocycles. The predicted octanol–water partition coefficient (Wildman–Crippen LogP) is 3.55. The first-order valence-electron chi connectivity index (χ1n) is 4.02. The monoisotopic (exact) mass is 138 g/mol. The Morgan fingerprint density at radius 3 is 2.60 bits per heavy atom. The fourth-order valence-electron chi connectivity index (χ4n) is 0.798. The van der Waals surface area contributed by atoms with Crippen molar-refractivity contribution in [2.45, 2.75) is 33.1 Å². The molecule has 0 spiro atoms. The zero-order valence-electron chi connectivity index (χ0n) is 7.19. The van der Waals surface area contributed by atoms with Gasteiger partial charge in [-0.3, -0.25) is 0 Å². The maximum Gasteiger partial charge on any atom is -0.00570 e. The molecule has 0 aromatic heterocycles. The zero-order chi connectivity index (χ0) is 7.98. The van der Waals surface area contributed by atoms with E-state index in [-0.39, 0.29) is 0 Å². The Kier molecular flexibility index (Phi) is 5.00. The molecule has 0 aromatic rings. The van der Waals surface area contributed by atoms with Crippen LogP contribution in [0.15, 0.2) is 24.8 Å². The van der Waals surface area contributed by atoms with E-state index in [4.69, 9.17) is 0 Å². The summed E-state index contributed by atoms with van der Waals surface area (Å²) < 4.78 is 0. The third-order valence-electron chi connectivity index (χ3n) is 1.85. The Balaban J connectivity index is 3.51. The van der Waals surface area contributed by atoms with E-state index in [2.05, 4.69) is 27.0 Å². The third kappa shape index (κ3) is 3.49. The van der Waals surface area contributed by atoms with E-state index in [0.29, 0.717) is 5.92 Å². The molecule has 10 heavy (non-hydrogen) atoms. The molecule has 0 aliphatic carbocycles. The van der Waals surface area contributed by atoms with Crippen molar-refractivity contribution in [2.75, 3.05) is 0 Å². The topological polar surface area (TPSA) is 0 Å². The highest BCUT2D eigenvalue weighted by Crippen LogP contribution is 2.15. The summed E-state index contributed by atoms with van der Waals surface area (Å²) in [6.07, 6.45) is 5.63. The molecule has 0 bridgehead atoms. The van der Waals surface area contributed by atoms with E-state index in [0.717, 1.165) is 6.42 Å². The van der Waals surface area contributed by atoms with Gasteiger partial charge in [-0.2, -0.15) is 0 Å². The summed E-state index contributed by atoms with van der Waals surface area (Å²) in [6, 6.07) is 0. The highest BCUT2D eigenvalue weighted by Gasteiger charge is 1.99. The third-order valence-corrected chi connectivity index (χ3v) is 1.85. The largest absolute Gasteiger partial charge is 0.102 e. The van der Waals surface area contributed by atoms with Gasteiger partial charge in [0, 0.05) is 0 Å². The van der Waals surface area contributed by atoms with Gasteiger partial charge in [0.1, 0.15) is 0 Å². The van der Waals surface area contributed by atoms with Gasteiger partial charge in [-0.05, 0) is 18.8 Å². The van der Waals surface area contributed by atoms with Crippen molar-refractivity contribution >= 4 is 0 Å². The minimum Gasteiger partial charge on any atom is -0.102 e. The summed E-state index contributed by atoms with van der Waals surface area (Å²) >= 11 is 0. The van der Waals surface area contributed by atoms with Crippen LogP contribution in [0.5, 0.6) is 0 Å². The first-order valence-corrected chi connectivity index (χ1v) is 4.02. The van der Waals surface area contributed by atoms with Gasteiger partial charge >= 0.3 is 0 Å². The fraction of sp³-hybridized carbons (Fsp3) is 0.600. The molecule has 0 aromatic carbocycles. The number of hydrogen-bond acceptors (Lipinski definition) is 0. The summed E-state index contributed by atoms with van der Waals surface area (Å²) in [5, 5.41) is 0. The summed E-state index contributed by atoms with van der Waals surface area (Å²) in [5.41, 5.74) is 1.32. The predicted molar refractivity (Wildman–Crippen MR) is 48.0 cm³/mol. The van der Waals surface area contributed by atoms with Crippen molar-refractivity contribution in [1.29, 1.82) is 0 Å². The minimum absolute atomic E-state index is 0.492. The highest BCUT2D eigenvalue weighted by atomic mass is 14.0. The van der Waals surface area contributed by atoms with Crippen LogP contribution in [0.4, 0.5) is 0 Å². The molecule has 0 radical (unpaired) electrons. The molecule has 0 fully saturated rings. The van der Waals surface area contributed by atoms with Crippen LogP contribution < -0.4 is 0 Å². The molecule has 0 amide bonds. The number of unbranched alkanes of at least 4 members (excludes halogenated alkanes) is 1. The molecule has 0 saturated heterocycles. The number of allylic oxidation sites excluding steroid dienone is 2. The zero-order valence-corrected chi connectivity index (χ0v) is 7.19. The van der Waals surface area contributed by atoms with Gasteiger partial charge in [0.05, 0.1) is 0 Å². The Hall–Kier alpha value is -0.520. The molecule has 0 rings (SSSR count). The van der Waals surface area contributed by atoms with E-state index in [1.54, 1.807) is 0 Å². The van der Waals surface area contributed by atoms with Crippen molar-refractivity contribution in [3.05, 3.63) is 24.8 Å². The van der Waals surface area contributed by atoms with Crippen LogP contribution in [0.1, 0.15) is 33.1 Å². The van der Waals surface area contributed by atoms with Gasteiger partial charge in [0.25, 0.3) is 0 Å². The molecular formula is C10H18. The second-order valence-corrected chi connectivity index (χ2v) is 2.79. The maximum atomic E-state index is 3.99. The van der Waals surface area contributed by atoms with Crippen LogP contribution in [-0.4, -0.2) is 0 Å². The first kappa shape index (κ1) is 9.48. The molecular weight excluding hydrogens is 120 g/mol. The van der Waals surface area contributed by atoms with E-state index in [1.807, 2.05) is 6.08 Å². The van der Waals surface area contributed by atoms with Gasteiger partial charge in [-0.15, -0.1) is 6.58 Å². The molecule has 0 N–H and O–H groups in total. The molecule has 0 nitrogen and oxygen atoms in total. The SMILES string of the molecule is C=CC(C)C(=C)CCCC. The maximum absolute atomic E-state index is 3.99. The Bertz CT molecular complexity index is 111. The van der Waals surface area contributed by atoms with Gasteiger partial charge in [0.15, 0.2) is 0 Å². The molecule has 0 heteroatoms. The normalized spacial score (nSPS) is 12.6. The lowest BCUT2D eigenvalue weighted by molar-refractivity contribution is 0.718. The van der Waals surface area contributed by atoms with Crippen LogP contribution >= 0.6 is 0 Å². The smallest absolute Gasteiger partial charge is 0.00570 e. The number of hydrogen-bond donors (Lipinski definition) is 0. The van der Waals surface area contributed by atoms with E-state index >= 15 is 0 Å². The fourth-order valence-corrected chi connectivity index (χ4v) is 0.798. The van der Waals surface area contributed by atoms with Gasteiger partial charge < -0.3 is 0 Å². The molecule has 0 aliphatic rings. The van der Waals surface area contributed by atoms with Crippen molar-refractivity contribution in [3.63, 3.8) is 0 Å². The molecule has 1 atom stereocenters. The van der Waals surface area contributed by atoms with Gasteiger partial charge in [-0.25, -0.2) is 0 Å². The second-order valence-electron chi connectivity index (χ2n) is 2.79. The first-order chi connectivity index (χ1) is 4.72. The quantitative estimate of drug-likeness (QED) is 0.510. The summed E-state index contributed by atoms with van der Waals surface area (Å²) in [5.74, 6) is 0.492. The van der Waals surface area contributed by atoms with Crippen molar-refractivity contribution in [1.82, 2.24) is 0 Å². The Morgan fingerprint density at radius 1 is 1.60 bits per heavy atom. The Labute approximate surface area is 64.6 Å². The average Bonchev–Trinajstić information content (AvgIpc) is 1.98. The molecule has 58 valence electrons. The van der Waals surface area contributed by atoms with E-state index in [9.17, 15) is 0 Å². The lowest BCUT2D eigenvalue weighted by Gasteiger charge is -2.08. The van der Waals surface area contributed by atoms with Crippen molar-refractivity contribution in [3.8, 4) is 0 Å². The van der Waals surface area contributed by atoms with Crippen LogP contribution in [0.3, 0.4) is 0 Å². The molecule has 1 unspecified atom stereocenters. The van der Waals surface area contributed by atoms with Gasteiger partial charge in [0.2, 0.25) is 0 Å².